The smallest absolute Gasteiger partial charge is 0.336 e. The van der Waals surface area contributed by atoms with E-state index in [0.29, 0.717) is 10.6 Å². The molecule has 0 bridgehead atoms. The molecular formula is C15H10N2O2S. The molecule has 3 rings (SSSR count). The van der Waals surface area contributed by atoms with Gasteiger partial charge in [-0.3, -0.25) is 0 Å². The van der Waals surface area contributed by atoms with Crippen LogP contribution >= 0.6 is 11.3 Å². The Bertz CT molecular complexity index is 753. The Morgan fingerprint density at radius 2 is 1.55 bits per heavy atom. The van der Waals surface area contributed by atoms with Crippen molar-refractivity contribution in [3.63, 3.8) is 0 Å². The third kappa shape index (κ3) is 2.31. The number of carboxylic acid groups (broad SMARTS) is 1. The number of hydrogen-bond acceptors (Lipinski definition) is 4. The van der Waals surface area contributed by atoms with Gasteiger partial charge in [0.05, 0.1) is 5.56 Å². The van der Waals surface area contributed by atoms with E-state index in [1.807, 2.05) is 30.3 Å². The van der Waals surface area contributed by atoms with Gasteiger partial charge in [0.15, 0.2) is 0 Å². The number of carbonyl (C=O) groups is 1. The topological polar surface area (TPSA) is 63.1 Å². The van der Waals surface area contributed by atoms with Crippen LogP contribution in [0.1, 0.15) is 10.4 Å². The van der Waals surface area contributed by atoms with Gasteiger partial charge in [-0.2, -0.15) is 0 Å². The van der Waals surface area contributed by atoms with Gasteiger partial charge in [0, 0.05) is 11.1 Å². The predicted molar refractivity (Wildman–Crippen MR) is 77.7 cm³/mol. The molecule has 0 saturated carbocycles. The summed E-state index contributed by atoms with van der Waals surface area (Å²) in [6.07, 6.45) is 0. The molecule has 98 valence electrons. The van der Waals surface area contributed by atoms with E-state index in [0.717, 1.165) is 10.6 Å². The number of aromatic carboxylic acids is 1. The van der Waals surface area contributed by atoms with Crippen LogP contribution < -0.4 is 0 Å². The van der Waals surface area contributed by atoms with Gasteiger partial charge in [-0.05, 0) is 6.07 Å². The van der Waals surface area contributed by atoms with Crippen LogP contribution in [0.5, 0.6) is 0 Å². The molecule has 0 amide bonds. The Labute approximate surface area is 119 Å². The first-order chi connectivity index (χ1) is 9.75. The molecule has 1 heterocycles. The summed E-state index contributed by atoms with van der Waals surface area (Å²) in [6, 6.07) is 16.5. The van der Waals surface area contributed by atoms with Crippen molar-refractivity contribution < 1.29 is 9.90 Å². The van der Waals surface area contributed by atoms with Gasteiger partial charge in [0.2, 0.25) is 0 Å². The maximum Gasteiger partial charge on any atom is 0.336 e. The third-order valence-electron chi connectivity index (χ3n) is 2.83. The first-order valence-electron chi connectivity index (χ1n) is 5.97. The van der Waals surface area contributed by atoms with E-state index >= 15 is 0 Å². The number of benzene rings is 2. The van der Waals surface area contributed by atoms with Gasteiger partial charge in [0.1, 0.15) is 10.0 Å². The average molecular weight is 282 g/mol. The lowest BCUT2D eigenvalue weighted by Crippen LogP contribution is -1.98. The molecule has 0 aliphatic heterocycles. The highest BCUT2D eigenvalue weighted by Gasteiger charge is 2.15. The van der Waals surface area contributed by atoms with Crippen molar-refractivity contribution in [2.45, 2.75) is 0 Å². The first kappa shape index (κ1) is 12.5. The Balaban J connectivity index is 2.05. The Kier molecular flexibility index (Phi) is 3.26. The molecule has 0 saturated heterocycles. The Morgan fingerprint density at radius 1 is 0.900 bits per heavy atom. The van der Waals surface area contributed by atoms with Gasteiger partial charge in [0.25, 0.3) is 0 Å². The standard InChI is InChI=1S/C15H10N2O2S/c18-15(19)12-9-5-4-8-11(12)14-17-16-13(20-14)10-6-2-1-3-7-10/h1-9H,(H,18,19). The number of hydrogen-bond donors (Lipinski definition) is 1. The fourth-order valence-corrected chi connectivity index (χ4v) is 2.77. The molecule has 0 unspecified atom stereocenters. The molecule has 5 heteroatoms. The molecule has 0 radical (unpaired) electrons. The van der Waals surface area contributed by atoms with Crippen LogP contribution in [-0.4, -0.2) is 21.3 Å². The van der Waals surface area contributed by atoms with E-state index in [9.17, 15) is 9.90 Å². The molecule has 20 heavy (non-hydrogen) atoms. The zero-order valence-electron chi connectivity index (χ0n) is 10.4. The summed E-state index contributed by atoms with van der Waals surface area (Å²) in [5.41, 5.74) is 1.81. The van der Waals surface area contributed by atoms with Gasteiger partial charge in [-0.15, -0.1) is 10.2 Å². The highest BCUT2D eigenvalue weighted by Crippen LogP contribution is 2.31. The highest BCUT2D eigenvalue weighted by atomic mass is 32.1. The van der Waals surface area contributed by atoms with Crippen LogP contribution in [0.25, 0.3) is 21.1 Å². The predicted octanol–water partition coefficient (Wildman–Crippen LogP) is 3.57. The summed E-state index contributed by atoms with van der Waals surface area (Å²) >= 11 is 1.39. The summed E-state index contributed by atoms with van der Waals surface area (Å²) in [7, 11) is 0. The lowest BCUT2D eigenvalue weighted by atomic mass is 10.1. The number of aromatic nitrogens is 2. The van der Waals surface area contributed by atoms with E-state index in [4.69, 9.17) is 0 Å². The van der Waals surface area contributed by atoms with Crippen molar-refractivity contribution >= 4 is 17.3 Å². The van der Waals surface area contributed by atoms with Crippen LogP contribution in [0.15, 0.2) is 54.6 Å². The molecular weight excluding hydrogens is 272 g/mol. The molecule has 0 aliphatic carbocycles. The Hall–Kier alpha value is -2.53. The minimum Gasteiger partial charge on any atom is -0.478 e. The second-order valence-corrected chi connectivity index (χ2v) is 5.11. The quantitative estimate of drug-likeness (QED) is 0.797. The van der Waals surface area contributed by atoms with Crippen LogP contribution in [0.3, 0.4) is 0 Å². The monoisotopic (exact) mass is 282 g/mol. The lowest BCUT2D eigenvalue weighted by molar-refractivity contribution is 0.0697. The van der Waals surface area contributed by atoms with Gasteiger partial charge < -0.3 is 5.11 Å². The van der Waals surface area contributed by atoms with Gasteiger partial charge >= 0.3 is 5.97 Å². The molecule has 3 aromatic rings. The van der Waals surface area contributed by atoms with Crippen LogP contribution in [0, 0.1) is 0 Å². The molecule has 2 aromatic carbocycles. The normalized spacial score (nSPS) is 10.4. The minimum absolute atomic E-state index is 0.239. The van der Waals surface area contributed by atoms with Crippen LogP contribution in [0.4, 0.5) is 0 Å². The molecule has 0 aliphatic rings. The van der Waals surface area contributed by atoms with Crippen molar-refractivity contribution in [1.82, 2.24) is 10.2 Å². The first-order valence-corrected chi connectivity index (χ1v) is 6.79. The van der Waals surface area contributed by atoms with Crippen molar-refractivity contribution in [2.24, 2.45) is 0 Å². The van der Waals surface area contributed by atoms with E-state index in [1.54, 1.807) is 24.3 Å². The fraction of sp³-hybridized carbons (Fsp3) is 0. The second kappa shape index (κ2) is 5.22. The Morgan fingerprint density at radius 3 is 2.30 bits per heavy atom. The van der Waals surface area contributed by atoms with E-state index in [2.05, 4.69) is 10.2 Å². The molecule has 1 N–H and O–H groups in total. The molecule has 0 spiro atoms. The maximum absolute atomic E-state index is 11.2. The van der Waals surface area contributed by atoms with Crippen molar-refractivity contribution in [3.05, 3.63) is 60.2 Å². The van der Waals surface area contributed by atoms with Crippen molar-refractivity contribution in [3.8, 4) is 21.1 Å². The van der Waals surface area contributed by atoms with Crippen LogP contribution in [0.2, 0.25) is 0 Å². The van der Waals surface area contributed by atoms with Crippen molar-refractivity contribution in [1.29, 1.82) is 0 Å². The van der Waals surface area contributed by atoms with E-state index in [-0.39, 0.29) is 5.56 Å². The number of carboxylic acids is 1. The molecule has 1 aromatic heterocycles. The SMILES string of the molecule is O=C(O)c1ccccc1-c1nnc(-c2ccccc2)s1. The summed E-state index contributed by atoms with van der Waals surface area (Å²) in [4.78, 5) is 11.2. The molecule has 0 fully saturated rings. The zero-order valence-corrected chi connectivity index (χ0v) is 11.2. The fourth-order valence-electron chi connectivity index (χ4n) is 1.89. The van der Waals surface area contributed by atoms with Gasteiger partial charge in [-0.25, -0.2) is 4.79 Å². The number of rotatable bonds is 3. The van der Waals surface area contributed by atoms with Crippen molar-refractivity contribution in [2.75, 3.05) is 0 Å². The zero-order chi connectivity index (χ0) is 13.9. The summed E-state index contributed by atoms with van der Waals surface area (Å²) < 4.78 is 0. The lowest BCUT2D eigenvalue weighted by Gasteiger charge is -2.00. The average Bonchev–Trinajstić information content (AvgIpc) is 2.98. The summed E-state index contributed by atoms with van der Waals surface area (Å²) in [5.74, 6) is -0.961. The third-order valence-corrected chi connectivity index (χ3v) is 3.84. The van der Waals surface area contributed by atoms with E-state index in [1.165, 1.54) is 11.3 Å². The maximum atomic E-state index is 11.2. The molecule has 4 nitrogen and oxygen atoms in total. The van der Waals surface area contributed by atoms with Crippen LogP contribution in [-0.2, 0) is 0 Å². The summed E-state index contributed by atoms with van der Waals surface area (Å²) in [5, 5.41) is 18.8. The van der Waals surface area contributed by atoms with Gasteiger partial charge in [-0.1, -0.05) is 59.9 Å². The highest BCUT2D eigenvalue weighted by molar-refractivity contribution is 7.18. The van der Waals surface area contributed by atoms with E-state index < -0.39 is 5.97 Å². The summed E-state index contributed by atoms with van der Waals surface area (Å²) in [6.45, 7) is 0. The second-order valence-electron chi connectivity index (χ2n) is 4.13. The number of nitrogens with zero attached hydrogens (tertiary/aromatic N) is 2. The molecule has 0 atom stereocenters. The largest absolute Gasteiger partial charge is 0.478 e. The minimum atomic E-state index is -0.961.